The highest BCUT2D eigenvalue weighted by atomic mass is 16.1. The highest BCUT2D eigenvalue weighted by Gasteiger charge is 2.35. The summed E-state index contributed by atoms with van der Waals surface area (Å²) in [6, 6.07) is 110. The maximum Gasteiger partial charge on any atom is 0.195 e. The average molecular weight is 1200 g/mol. The van der Waals surface area contributed by atoms with Crippen LogP contribution in [-0.2, 0) is 22.4 Å². The van der Waals surface area contributed by atoms with Crippen molar-refractivity contribution in [2.45, 2.75) is 12.8 Å². The van der Waals surface area contributed by atoms with Crippen molar-refractivity contribution in [3.05, 3.63) is 428 Å². The Bertz CT molecular complexity index is 4940. The Morgan fingerprint density at radius 1 is 0.266 bits per heavy atom. The third kappa shape index (κ3) is 14.6. The molecule has 0 N–H and O–H groups in total. The van der Waals surface area contributed by atoms with Crippen molar-refractivity contribution in [1.29, 1.82) is 0 Å². The molecule has 440 valence electrons. The number of Topliss-reactive ketones (excluding diaryl/α,β-unsaturated/α-hetero) is 1. The quantitative estimate of drug-likeness (QED) is 0.0379. The molecule has 2 nitrogen and oxygen atoms in total. The van der Waals surface area contributed by atoms with Crippen molar-refractivity contribution in [3.63, 3.8) is 0 Å². The Balaban J connectivity index is 0.834. The number of benzene rings is 12. The summed E-state index contributed by atoms with van der Waals surface area (Å²) in [5.74, 6) is 26.3. The van der Waals surface area contributed by atoms with E-state index in [9.17, 15) is 4.79 Å². The van der Waals surface area contributed by atoms with E-state index < -0.39 is 0 Å². The van der Waals surface area contributed by atoms with Crippen LogP contribution in [0.2, 0.25) is 0 Å². The number of carbonyl (C=O) groups is 2. The van der Waals surface area contributed by atoms with Gasteiger partial charge >= 0.3 is 0 Å². The van der Waals surface area contributed by atoms with Gasteiger partial charge in [0.15, 0.2) is 12.1 Å². The largest absolute Gasteiger partial charge is 0.298 e. The van der Waals surface area contributed by atoms with Gasteiger partial charge in [-0.05, 0) is 177 Å². The Hall–Kier alpha value is -12.8. The fourth-order valence-corrected chi connectivity index (χ4v) is 11.6. The number of hydrogen-bond donors (Lipinski definition) is 0. The molecule has 12 aromatic rings. The van der Waals surface area contributed by atoms with Crippen LogP contribution in [0.15, 0.2) is 328 Å². The van der Waals surface area contributed by atoms with Crippen LogP contribution in [0.3, 0.4) is 0 Å². The maximum absolute atomic E-state index is 15.5. The predicted octanol–water partition coefficient (Wildman–Crippen LogP) is 19.5. The third-order valence-electron chi connectivity index (χ3n) is 16.5. The molecule has 0 saturated carbocycles. The van der Waals surface area contributed by atoms with Crippen molar-refractivity contribution >= 4 is 57.2 Å². The second-order valence-electron chi connectivity index (χ2n) is 22.7. The van der Waals surface area contributed by atoms with E-state index in [1.165, 1.54) is 0 Å². The number of rotatable bonds is 13. The maximum atomic E-state index is 15.5. The van der Waals surface area contributed by atoms with Gasteiger partial charge in [-0.25, -0.2) is 0 Å². The first-order valence-corrected chi connectivity index (χ1v) is 31.4. The number of hydrogen-bond acceptors (Lipinski definition) is 2. The molecule has 12 aromatic carbocycles. The van der Waals surface area contributed by atoms with Gasteiger partial charge in [0.2, 0.25) is 0 Å². The second-order valence-corrected chi connectivity index (χ2v) is 22.7. The van der Waals surface area contributed by atoms with E-state index in [1.807, 2.05) is 243 Å². The van der Waals surface area contributed by atoms with Crippen LogP contribution in [-0.4, -0.2) is 12.1 Å². The molecule has 0 fully saturated rings. The van der Waals surface area contributed by atoms with E-state index in [0.717, 1.165) is 142 Å². The van der Waals surface area contributed by atoms with Gasteiger partial charge in [-0.1, -0.05) is 278 Å². The van der Waals surface area contributed by atoms with E-state index in [2.05, 4.69) is 138 Å². The first kappa shape index (κ1) is 60.1. The van der Waals surface area contributed by atoms with E-state index in [0.29, 0.717) is 16.7 Å². The summed E-state index contributed by atoms with van der Waals surface area (Å²) in [6.45, 7) is 0. The van der Waals surface area contributed by atoms with E-state index in [1.54, 1.807) is 0 Å². The summed E-state index contributed by atoms with van der Waals surface area (Å²) < 4.78 is 0. The Morgan fingerprint density at radius 2 is 0.553 bits per heavy atom. The zero-order valence-electron chi connectivity index (χ0n) is 51.6. The lowest BCUT2D eigenvalue weighted by Crippen LogP contribution is -2.02. The fraction of sp³-hybridized carbons (Fsp3) is 0.0217. The Labute approximate surface area is 551 Å². The standard InChI is InChI=1S/C92H60O2/c93-66-86(79-55-45-72(46-56-79)36-32-68-21-9-2-10-22-68)87(85(78-27-15-5-16-28-78)65-77-43-41-71(42-44-77)35-31-67-19-7-1-8-20-67)81-57-47-75(48-58-81)39-40-76-49-59-82(60-50-76)89-88(80-29-17-6-18-30-80)90(83-61-51-73(52-62-83)37-33-69-23-11-3-12-24-69)92(94)91(89)84-63-53-74(54-64-84)38-34-70-25-13-4-14-26-70/h1-30,41-66H,39-40H2/b85-65+,87-86+. The van der Waals surface area contributed by atoms with Crippen LogP contribution < -0.4 is 0 Å². The van der Waals surface area contributed by atoms with E-state index >= 15 is 4.79 Å². The minimum Gasteiger partial charge on any atom is -0.298 e. The number of aryl methyl sites for hydroxylation is 2. The SMILES string of the molecule is O=C/C(=C(\C(=C\c1ccc(C#Cc2ccccc2)cc1)c1ccccc1)c1ccc(CCc2ccc(C3=C(c4ccc(C#Cc5ccccc5)cc4)C(=O)C(c4ccc(C#Cc5ccccc5)cc4)=C3c3ccccc3)cc2)cc1)c1ccc(C#Cc2ccccc2)cc1. The number of ketones is 1. The number of allylic oxidation sites excluding steroid dienone is 7. The first-order chi connectivity index (χ1) is 46.5. The average Bonchev–Trinajstić information content (AvgIpc) is 1.57. The Kier molecular flexibility index (Phi) is 18.7. The highest BCUT2D eigenvalue weighted by molar-refractivity contribution is 6.59. The molecule has 0 radical (unpaired) electrons. The Morgan fingerprint density at radius 3 is 0.936 bits per heavy atom. The molecule has 13 rings (SSSR count). The van der Waals surface area contributed by atoms with Crippen molar-refractivity contribution in [2.24, 2.45) is 0 Å². The topological polar surface area (TPSA) is 34.1 Å². The molecule has 94 heavy (non-hydrogen) atoms. The zero-order chi connectivity index (χ0) is 63.7. The second kappa shape index (κ2) is 29.2. The van der Waals surface area contributed by atoms with Gasteiger partial charge in [-0.15, -0.1) is 0 Å². The summed E-state index contributed by atoms with van der Waals surface area (Å²) in [6.07, 6.45) is 4.68. The van der Waals surface area contributed by atoms with Crippen LogP contribution >= 0.6 is 0 Å². The lowest BCUT2D eigenvalue weighted by molar-refractivity contribution is -0.108. The molecular weight excluding hydrogens is 1140 g/mol. The predicted molar refractivity (Wildman–Crippen MR) is 388 cm³/mol. The van der Waals surface area contributed by atoms with Gasteiger partial charge in [0.25, 0.3) is 0 Å². The lowest BCUT2D eigenvalue weighted by Gasteiger charge is -2.18. The summed E-state index contributed by atoms with van der Waals surface area (Å²) in [5.41, 5.74) is 22.0. The van der Waals surface area contributed by atoms with Crippen LogP contribution in [0.1, 0.15) is 100 Å². The van der Waals surface area contributed by atoms with Gasteiger partial charge in [-0.3, -0.25) is 9.59 Å². The van der Waals surface area contributed by atoms with Crippen molar-refractivity contribution < 1.29 is 9.59 Å². The van der Waals surface area contributed by atoms with Crippen LogP contribution in [0.25, 0.3) is 45.1 Å². The minimum atomic E-state index is -0.0429. The molecule has 1 aliphatic carbocycles. The summed E-state index contributed by atoms with van der Waals surface area (Å²) >= 11 is 0. The van der Waals surface area contributed by atoms with Crippen molar-refractivity contribution in [1.82, 2.24) is 0 Å². The van der Waals surface area contributed by atoms with E-state index in [4.69, 9.17) is 0 Å². The number of carbonyl (C=O) groups excluding carboxylic acids is 2. The van der Waals surface area contributed by atoms with Crippen molar-refractivity contribution in [2.75, 3.05) is 0 Å². The van der Waals surface area contributed by atoms with Crippen LogP contribution in [0, 0.1) is 47.4 Å². The third-order valence-corrected chi connectivity index (χ3v) is 16.5. The highest BCUT2D eigenvalue weighted by Crippen LogP contribution is 2.50. The lowest BCUT2D eigenvalue weighted by atomic mass is 9.85. The molecular formula is C92H60O2. The zero-order valence-corrected chi connectivity index (χ0v) is 51.6. The summed E-state index contributed by atoms with van der Waals surface area (Å²) in [4.78, 5) is 29.4. The molecule has 0 heterocycles. The number of aldehydes is 1. The first-order valence-electron chi connectivity index (χ1n) is 31.4. The fourth-order valence-electron chi connectivity index (χ4n) is 11.6. The molecule has 0 bridgehead atoms. The molecule has 2 heteroatoms. The minimum absolute atomic E-state index is 0.0429. The molecule has 0 amide bonds. The summed E-state index contributed by atoms with van der Waals surface area (Å²) in [7, 11) is 0. The smallest absolute Gasteiger partial charge is 0.195 e. The molecule has 1 aliphatic rings. The van der Waals surface area contributed by atoms with Gasteiger partial charge in [-0.2, -0.15) is 0 Å². The van der Waals surface area contributed by atoms with Gasteiger partial charge in [0.05, 0.1) is 0 Å². The van der Waals surface area contributed by atoms with Crippen LogP contribution in [0.4, 0.5) is 0 Å². The molecule has 0 spiro atoms. The monoisotopic (exact) mass is 1200 g/mol. The van der Waals surface area contributed by atoms with Gasteiger partial charge in [0, 0.05) is 77.9 Å². The van der Waals surface area contributed by atoms with Crippen LogP contribution in [0.5, 0.6) is 0 Å². The van der Waals surface area contributed by atoms with Gasteiger partial charge in [0.1, 0.15) is 0 Å². The van der Waals surface area contributed by atoms with Crippen molar-refractivity contribution in [3.8, 4) is 47.4 Å². The molecule has 0 aliphatic heterocycles. The van der Waals surface area contributed by atoms with Gasteiger partial charge < -0.3 is 0 Å². The summed E-state index contributed by atoms with van der Waals surface area (Å²) in [5, 5.41) is 0. The van der Waals surface area contributed by atoms with E-state index in [-0.39, 0.29) is 5.78 Å². The molecule has 0 atom stereocenters. The molecule has 0 unspecified atom stereocenters. The molecule has 0 saturated heterocycles. The molecule has 0 aromatic heterocycles. The normalized spacial score (nSPS) is 12.0.